The molecule has 6 aromatic carbocycles. The molecule has 0 saturated carbocycles. The largest absolute Gasteiger partial charge is 0.432 e. The van der Waals surface area contributed by atoms with Crippen molar-refractivity contribution in [2.45, 2.75) is 117 Å². The monoisotopic (exact) mass is 835 g/mol. The van der Waals surface area contributed by atoms with E-state index in [-0.39, 0.29) is 39.9 Å². The Morgan fingerprint density at radius 2 is 1.24 bits per heavy atom. The van der Waals surface area contributed by atoms with Crippen molar-refractivity contribution < 1.29 is 20.3 Å². The molecule has 4 aliphatic heterocycles. The standard InChI is InChI=1S/C59H60N3O/c1-55(2,3)39-26-27-48(43(31-39)37-22-17-14-18-23-37)61-49-25-19-24-42-44-32-40(56(4,5)6)33-45-50-30-38(36-20-15-13-16-21-36)28-29-60(50)59(51(44)45)62(52(42)49)54(61)46-34-41(57(7,8)9)35-47(53(46)63-59)58(10,11)12/h13-35,54H,1-12H3/q+1/i13D,15D,16D,20D,21D,28D,29D,30D. The molecule has 2 unspecified atom stereocenters. The van der Waals surface area contributed by atoms with Crippen LogP contribution in [0, 0.1) is 0 Å². The number of benzene rings is 6. The van der Waals surface area contributed by atoms with Crippen LogP contribution in [0.4, 0.5) is 17.1 Å². The first-order chi connectivity index (χ1) is 33.1. The smallest absolute Gasteiger partial charge is 0.410 e. The number of rotatable bonds is 3. The average Bonchev–Trinajstić information content (AvgIpc) is 3.81. The first kappa shape index (κ1) is 31.7. The van der Waals surface area contributed by atoms with Crippen molar-refractivity contribution in [3.05, 3.63) is 173 Å². The highest BCUT2D eigenvalue weighted by Gasteiger charge is 2.70. The van der Waals surface area contributed by atoms with E-state index in [1.165, 1.54) is 5.56 Å². The van der Waals surface area contributed by atoms with Crippen molar-refractivity contribution in [2.24, 2.45) is 0 Å². The van der Waals surface area contributed by atoms with Gasteiger partial charge in [-0.05, 0) is 91.4 Å². The molecule has 0 bridgehead atoms. The highest BCUT2D eigenvalue weighted by molar-refractivity contribution is 6.03. The summed E-state index contributed by atoms with van der Waals surface area (Å²) in [6.07, 6.45) is -0.923. The molecule has 11 rings (SSSR count). The van der Waals surface area contributed by atoms with Crippen LogP contribution in [0.3, 0.4) is 0 Å². The topological polar surface area (TPSA) is 19.6 Å². The van der Waals surface area contributed by atoms with Gasteiger partial charge in [0.15, 0.2) is 6.17 Å². The lowest BCUT2D eigenvalue weighted by molar-refractivity contribution is -0.774. The Balaban J connectivity index is 1.35. The molecule has 4 nitrogen and oxygen atoms in total. The maximum absolute atomic E-state index is 10.4. The summed E-state index contributed by atoms with van der Waals surface area (Å²) >= 11 is 0. The molecule has 0 radical (unpaired) electrons. The average molecular weight is 835 g/mol. The summed E-state index contributed by atoms with van der Waals surface area (Å²) in [6, 6.07) is 29.2. The third-order valence-corrected chi connectivity index (χ3v) is 13.5. The molecular formula is C59H60N3O+. The summed E-state index contributed by atoms with van der Waals surface area (Å²) in [6.45, 7) is 26.4. The normalized spacial score (nSPS) is 19.9. The van der Waals surface area contributed by atoms with Gasteiger partial charge in [-0.25, -0.2) is 4.90 Å². The van der Waals surface area contributed by atoms with E-state index in [4.69, 9.17) is 11.6 Å². The van der Waals surface area contributed by atoms with Gasteiger partial charge in [0.1, 0.15) is 18.8 Å². The predicted molar refractivity (Wildman–Crippen MR) is 261 cm³/mol. The Hall–Kier alpha value is -6.13. The molecule has 0 amide bonds. The van der Waals surface area contributed by atoms with Crippen LogP contribution in [0.1, 0.15) is 134 Å². The van der Waals surface area contributed by atoms with Crippen LogP contribution >= 0.6 is 0 Å². The molecule has 316 valence electrons. The minimum atomic E-state index is -1.70. The first-order valence-electron chi connectivity index (χ1n) is 26.2. The Labute approximate surface area is 386 Å². The number of ether oxygens (including phenoxy) is 1. The fourth-order valence-electron chi connectivity index (χ4n) is 10.2. The minimum Gasteiger partial charge on any atom is -0.410 e. The molecular weight excluding hydrogens is 767 g/mol. The van der Waals surface area contributed by atoms with Crippen LogP contribution < -0.4 is 19.1 Å². The van der Waals surface area contributed by atoms with Gasteiger partial charge in [0.2, 0.25) is 5.69 Å². The first-order valence-corrected chi connectivity index (χ1v) is 22.2. The number of hydrogen-bond acceptors (Lipinski definition) is 3. The van der Waals surface area contributed by atoms with Gasteiger partial charge in [-0.2, -0.15) is 0 Å². The van der Waals surface area contributed by atoms with Crippen molar-refractivity contribution in [1.82, 2.24) is 0 Å². The summed E-state index contributed by atoms with van der Waals surface area (Å²) in [5, 5.41) is 0. The van der Waals surface area contributed by atoms with Crippen molar-refractivity contribution in [1.29, 1.82) is 0 Å². The van der Waals surface area contributed by atoms with Crippen LogP contribution in [0.25, 0.3) is 44.6 Å². The second-order valence-corrected chi connectivity index (χ2v) is 21.9. The summed E-state index contributed by atoms with van der Waals surface area (Å²) < 4.78 is 84.2. The van der Waals surface area contributed by atoms with E-state index in [1.807, 2.05) is 6.07 Å². The summed E-state index contributed by atoms with van der Waals surface area (Å²) in [4.78, 5) is 4.74. The second-order valence-electron chi connectivity index (χ2n) is 21.9. The van der Waals surface area contributed by atoms with Crippen LogP contribution in [-0.2, 0) is 27.5 Å². The lowest BCUT2D eigenvalue weighted by Crippen LogP contribution is -2.71. The maximum atomic E-state index is 10.4. The summed E-state index contributed by atoms with van der Waals surface area (Å²) in [5.41, 5.74) is 11.8. The Morgan fingerprint density at radius 3 is 1.92 bits per heavy atom. The molecule has 0 saturated heterocycles. The molecule has 1 spiro atoms. The molecule has 4 heteroatoms. The lowest BCUT2D eigenvalue weighted by atomic mass is 9.77. The number of fused-ring (bicyclic) bond motifs is 5. The second kappa shape index (κ2) is 13.0. The van der Waals surface area contributed by atoms with Crippen molar-refractivity contribution >= 4 is 17.1 Å². The van der Waals surface area contributed by atoms with Crippen molar-refractivity contribution in [3.8, 4) is 50.4 Å². The SMILES string of the molecule is [2H]c1c([2H])c([2H])c(-c2c([2H])c([2H])[n+]3c(c2[2H])-c2cc(C(C)(C)C)cc4c2C32Oc3c(cc(C(C)(C)C)cc3C(C)(C)C)C3N(c5ccc(C(C)(C)C)cc5-c5ccccc5)c5cccc-4c5N32)c([2H])c1[2H]. The highest BCUT2D eigenvalue weighted by Crippen LogP contribution is 2.68. The zero-order valence-electron chi connectivity index (χ0n) is 46.5. The minimum absolute atomic E-state index is 0.154. The van der Waals surface area contributed by atoms with Crippen LogP contribution in [0.2, 0.25) is 0 Å². The summed E-state index contributed by atoms with van der Waals surface area (Å²) in [7, 11) is 0. The zero-order chi connectivity index (χ0) is 51.1. The fourth-order valence-corrected chi connectivity index (χ4v) is 10.2. The van der Waals surface area contributed by atoms with Crippen LogP contribution in [0.15, 0.2) is 139 Å². The Bertz CT molecular complexity index is 3480. The molecule has 5 heterocycles. The number of anilines is 3. The lowest BCUT2D eigenvalue weighted by Gasteiger charge is -2.49. The third kappa shape index (κ3) is 5.69. The number of para-hydroxylation sites is 1. The van der Waals surface area contributed by atoms with E-state index >= 15 is 0 Å². The summed E-state index contributed by atoms with van der Waals surface area (Å²) in [5.74, 6) is -1.04. The highest BCUT2D eigenvalue weighted by atomic mass is 16.5. The van der Waals surface area contributed by atoms with E-state index in [9.17, 15) is 4.11 Å². The maximum Gasteiger partial charge on any atom is 0.432 e. The fraction of sp³-hybridized carbons (Fsp3) is 0.305. The van der Waals surface area contributed by atoms with Gasteiger partial charge in [-0.15, -0.1) is 4.57 Å². The molecule has 0 fully saturated rings. The molecule has 0 aliphatic carbocycles. The van der Waals surface area contributed by atoms with Crippen molar-refractivity contribution in [2.75, 3.05) is 9.80 Å². The van der Waals surface area contributed by atoms with Gasteiger partial charge in [-0.1, -0.05) is 168 Å². The quantitative estimate of drug-likeness (QED) is 0.165. The van der Waals surface area contributed by atoms with Gasteiger partial charge < -0.3 is 9.64 Å². The molecule has 2 atom stereocenters. The van der Waals surface area contributed by atoms with E-state index in [0.29, 0.717) is 11.3 Å². The predicted octanol–water partition coefficient (Wildman–Crippen LogP) is 14.9. The van der Waals surface area contributed by atoms with Crippen LogP contribution in [0.5, 0.6) is 5.75 Å². The zero-order valence-corrected chi connectivity index (χ0v) is 38.5. The van der Waals surface area contributed by atoms with Gasteiger partial charge >= 0.3 is 5.85 Å². The van der Waals surface area contributed by atoms with Gasteiger partial charge in [-0.3, -0.25) is 0 Å². The van der Waals surface area contributed by atoms with E-state index in [1.54, 1.807) is 4.57 Å². The van der Waals surface area contributed by atoms with Crippen molar-refractivity contribution in [3.63, 3.8) is 0 Å². The number of pyridine rings is 1. The molecule has 1 aromatic heterocycles. The van der Waals surface area contributed by atoms with Gasteiger partial charge in [0.05, 0.1) is 32.2 Å². The Morgan fingerprint density at radius 1 is 0.571 bits per heavy atom. The number of nitrogens with zero attached hydrogens (tertiary/aromatic N) is 3. The van der Waals surface area contributed by atoms with E-state index in [2.05, 4.69) is 178 Å². The van der Waals surface area contributed by atoms with Gasteiger partial charge in [0.25, 0.3) is 0 Å². The molecule has 63 heavy (non-hydrogen) atoms. The van der Waals surface area contributed by atoms with Crippen LogP contribution in [-0.4, -0.2) is 0 Å². The van der Waals surface area contributed by atoms with E-state index in [0.717, 1.165) is 67.1 Å². The third-order valence-electron chi connectivity index (χ3n) is 13.5. The molecule has 7 aromatic rings. The number of hydrogen-bond donors (Lipinski definition) is 0. The van der Waals surface area contributed by atoms with E-state index < -0.39 is 59.1 Å². The Kier molecular flexibility index (Phi) is 6.52. The molecule has 4 aliphatic rings. The molecule has 0 N–H and O–H groups in total. The van der Waals surface area contributed by atoms with Gasteiger partial charge in [0, 0.05) is 39.9 Å². The number of aromatic nitrogens is 1.